The summed E-state index contributed by atoms with van der Waals surface area (Å²) in [6.07, 6.45) is 0. The number of hydrogen-bond acceptors (Lipinski definition) is 5. The summed E-state index contributed by atoms with van der Waals surface area (Å²) in [5.74, 6) is -0.184. The molecule has 1 atom stereocenters. The summed E-state index contributed by atoms with van der Waals surface area (Å²) in [5.41, 5.74) is 0.552. The van der Waals surface area contributed by atoms with E-state index in [0.29, 0.717) is 20.9 Å². The fourth-order valence-corrected chi connectivity index (χ4v) is 2.68. The molecule has 0 radical (unpaired) electrons. The Morgan fingerprint density at radius 3 is 2.55 bits per heavy atom. The average molecular weight is 332 g/mol. The maximum atomic E-state index is 12.1. The van der Waals surface area contributed by atoms with Gasteiger partial charge < -0.3 is 5.32 Å². The molecule has 0 saturated heterocycles. The lowest BCUT2D eigenvalue weighted by atomic mass is 10.3. The lowest BCUT2D eigenvalue weighted by Crippen LogP contribution is -2.22. The summed E-state index contributed by atoms with van der Waals surface area (Å²) in [6, 6.07) is 4.86. The second-order valence-corrected chi connectivity index (χ2v) is 6.17. The fourth-order valence-electron chi connectivity index (χ4n) is 1.40. The predicted molar refractivity (Wildman–Crippen MR) is 79.2 cm³/mol. The molecule has 0 aliphatic rings. The molecule has 1 N–H and O–H groups in total. The van der Waals surface area contributed by atoms with E-state index in [1.54, 1.807) is 32.2 Å². The van der Waals surface area contributed by atoms with Crippen molar-refractivity contribution in [2.75, 3.05) is 5.32 Å². The number of halogens is 2. The van der Waals surface area contributed by atoms with Crippen molar-refractivity contribution in [3.05, 3.63) is 28.2 Å². The molecule has 0 aliphatic carbocycles. The number of nitrogens with one attached hydrogen (secondary N) is 1. The number of aryl methyl sites for hydroxylation is 1. The first-order valence-electron chi connectivity index (χ1n) is 5.61. The Morgan fingerprint density at radius 2 is 2.00 bits per heavy atom. The Labute approximate surface area is 129 Å². The molecule has 1 aromatic carbocycles. The van der Waals surface area contributed by atoms with E-state index >= 15 is 0 Å². The van der Waals surface area contributed by atoms with Crippen LogP contribution in [0.25, 0.3) is 0 Å². The predicted octanol–water partition coefficient (Wildman–Crippen LogP) is 2.64. The monoisotopic (exact) mass is 331 g/mol. The number of benzene rings is 1. The van der Waals surface area contributed by atoms with Gasteiger partial charge in [0.2, 0.25) is 11.1 Å². The van der Waals surface area contributed by atoms with Crippen molar-refractivity contribution < 1.29 is 4.79 Å². The molecule has 6 nitrogen and oxygen atoms in total. The van der Waals surface area contributed by atoms with Crippen molar-refractivity contribution in [1.29, 1.82) is 0 Å². The topological polar surface area (TPSA) is 72.7 Å². The summed E-state index contributed by atoms with van der Waals surface area (Å²) < 4.78 is 1.50. The number of rotatable bonds is 4. The first kappa shape index (κ1) is 15.1. The first-order chi connectivity index (χ1) is 9.45. The molecule has 0 fully saturated rings. The minimum Gasteiger partial charge on any atom is -0.325 e. The number of nitrogens with zero attached hydrogens (tertiary/aromatic N) is 4. The smallest absolute Gasteiger partial charge is 0.237 e. The normalized spacial score (nSPS) is 12.2. The average Bonchev–Trinajstić information content (AvgIpc) is 2.73. The van der Waals surface area contributed by atoms with Gasteiger partial charge >= 0.3 is 0 Å². The van der Waals surface area contributed by atoms with Crippen LogP contribution in [-0.4, -0.2) is 31.4 Å². The minimum absolute atomic E-state index is 0.184. The summed E-state index contributed by atoms with van der Waals surface area (Å²) in [5, 5.41) is 14.9. The molecule has 0 unspecified atom stereocenters. The van der Waals surface area contributed by atoms with Crippen LogP contribution in [-0.2, 0) is 11.8 Å². The maximum Gasteiger partial charge on any atom is 0.237 e. The number of thioether (sulfide) groups is 1. The zero-order valence-corrected chi connectivity index (χ0v) is 13.0. The van der Waals surface area contributed by atoms with Gasteiger partial charge in [0, 0.05) is 22.8 Å². The van der Waals surface area contributed by atoms with Crippen molar-refractivity contribution in [1.82, 2.24) is 20.2 Å². The Bertz CT molecular complexity index is 613. The highest BCUT2D eigenvalue weighted by molar-refractivity contribution is 8.00. The van der Waals surface area contributed by atoms with Crippen molar-refractivity contribution in [2.24, 2.45) is 7.05 Å². The molecular formula is C11H11Cl2N5OS. The van der Waals surface area contributed by atoms with Crippen molar-refractivity contribution in [2.45, 2.75) is 17.3 Å². The molecule has 20 heavy (non-hydrogen) atoms. The number of tetrazole rings is 1. The number of carbonyl (C=O) groups is 1. The van der Waals surface area contributed by atoms with Crippen LogP contribution in [0.1, 0.15) is 6.92 Å². The van der Waals surface area contributed by atoms with E-state index in [0.717, 1.165) is 0 Å². The molecule has 2 rings (SSSR count). The van der Waals surface area contributed by atoms with E-state index in [9.17, 15) is 4.79 Å². The van der Waals surface area contributed by atoms with Crippen molar-refractivity contribution >= 4 is 46.6 Å². The number of aromatic nitrogens is 4. The first-order valence-corrected chi connectivity index (χ1v) is 7.25. The lowest BCUT2D eigenvalue weighted by molar-refractivity contribution is -0.115. The standard InChI is InChI=1S/C11H11Cl2N5OS/c1-6(20-11-15-16-17-18(11)2)10(19)14-9-4-7(12)3-8(13)5-9/h3-6H,1-2H3,(H,14,19)/t6-/m0/s1. The summed E-state index contributed by atoms with van der Waals surface area (Å²) >= 11 is 13.0. The van der Waals surface area contributed by atoms with E-state index in [1.165, 1.54) is 16.4 Å². The maximum absolute atomic E-state index is 12.1. The van der Waals surface area contributed by atoms with Crippen LogP contribution in [0.4, 0.5) is 5.69 Å². The van der Waals surface area contributed by atoms with Crippen LogP contribution in [0.15, 0.2) is 23.4 Å². The molecule has 0 aliphatic heterocycles. The van der Waals surface area contributed by atoms with Crippen molar-refractivity contribution in [3.8, 4) is 0 Å². The van der Waals surface area contributed by atoms with Crippen LogP contribution in [0.2, 0.25) is 10.0 Å². The van der Waals surface area contributed by atoms with Crippen LogP contribution >= 0.6 is 35.0 Å². The van der Waals surface area contributed by atoms with Gasteiger partial charge in [-0.3, -0.25) is 4.79 Å². The molecule has 0 bridgehead atoms. The Hall–Kier alpha value is -1.31. The van der Waals surface area contributed by atoms with Gasteiger partial charge in [0.1, 0.15) is 0 Å². The third kappa shape index (κ3) is 3.84. The van der Waals surface area contributed by atoms with E-state index in [1.807, 2.05) is 0 Å². The summed E-state index contributed by atoms with van der Waals surface area (Å²) in [6.45, 7) is 1.76. The second kappa shape index (κ2) is 6.43. The minimum atomic E-state index is -0.363. The van der Waals surface area contributed by atoms with E-state index in [2.05, 4.69) is 20.8 Å². The third-order valence-corrected chi connectivity index (χ3v) is 3.92. The number of carbonyl (C=O) groups excluding carboxylic acids is 1. The van der Waals surface area contributed by atoms with Crippen LogP contribution in [0.5, 0.6) is 0 Å². The summed E-state index contributed by atoms with van der Waals surface area (Å²) in [7, 11) is 1.71. The van der Waals surface area contributed by atoms with E-state index < -0.39 is 0 Å². The molecule has 2 aromatic rings. The fraction of sp³-hybridized carbons (Fsp3) is 0.273. The van der Waals surface area contributed by atoms with Gasteiger partial charge in [-0.25, -0.2) is 4.68 Å². The number of amides is 1. The lowest BCUT2D eigenvalue weighted by Gasteiger charge is -2.11. The molecular weight excluding hydrogens is 321 g/mol. The number of anilines is 1. The molecule has 9 heteroatoms. The largest absolute Gasteiger partial charge is 0.325 e. The van der Waals surface area contributed by atoms with Crippen molar-refractivity contribution in [3.63, 3.8) is 0 Å². The molecule has 1 aromatic heterocycles. The highest BCUT2D eigenvalue weighted by atomic mass is 35.5. The van der Waals surface area contributed by atoms with Gasteiger partial charge in [-0.1, -0.05) is 35.0 Å². The van der Waals surface area contributed by atoms with Crippen LogP contribution in [0, 0.1) is 0 Å². The Morgan fingerprint density at radius 1 is 1.35 bits per heavy atom. The summed E-state index contributed by atoms with van der Waals surface area (Å²) in [4.78, 5) is 12.1. The molecule has 1 amide bonds. The quantitative estimate of drug-likeness (QED) is 0.872. The SMILES string of the molecule is C[C@H](Sc1nnnn1C)C(=O)Nc1cc(Cl)cc(Cl)c1. The van der Waals surface area contributed by atoms with Gasteiger partial charge in [0.25, 0.3) is 0 Å². The third-order valence-electron chi connectivity index (χ3n) is 2.36. The Balaban J connectivity index is 2.02. The van der Waals surface area contributed by atoms with Gasteiger partial charge in [0.15, 0.2) is 0 Å². The van der Waals surface area contributed by atoms with Crippen LogP contribution < -0.4 is 5.32 Å². The molecule has 0 saturated carbocycles. The van der Waals surface area contributed by atoms with E-state index in [-0.39, 0.29) is 11.2 Å². The van der Waals surface area contributed by atoms with Gasteiger partial charge in [0.05, 0.1) is 5.25 Å². The second-order valence-electron chi connectivity index (χ2n) is 3.99. The van der Waals surface area contributed by atoms with Crippen LogP contribution in [0.3, 0.4) is 0 Å². The van der Waals surface area contributed by atoms with Gasteiger partial charge in [-0.2, -0.15) is 0 Å². The van der Waals surface area contributed by atoms with Gasteiger partial charge in [-0.15, -0.1) is 5.10 Å². The zero-order chi connectivity index (χ0) is 14.7. The number of hydrogen-bond donors (Lipinski definition) is 1. The highest BCUT2D eigenvalue weighted by Crippen LogP contribution is 2.24. The van der Waals surface area contributed by atoms with Gasteiger partial charge in [-0.05, 0) is 35.5 Å². The molecule has 0 spiro atoms. The highest BCUT2D eigenvalue weighted by Gasteiger charge is 2.18. The Kier molecular flexibility index (Phi) is 4.85. The molecule has 106 valence electrons. The molecule has 1 heterocycles. The zero-order valence-electron chi connectivity index (χ0n) is 10.7. The van der Waals surface area contributed by atoms with E-state index in [4.69, 9.17) is 23.2 Å².